The summed E-state index contributed by atoms with van der Waals surface area (Å²) in [6, 6.07) is 17.2. The smallest absolute Gasteiger partial charge is 0.138 e. The van der Waals surface area contributed by atoms with Gasteiger partial charge in [-0.1, -0.05) is 30.3 Å². The van der Waals surface area contributed by atoms with E-state index in [0.717, 1.165) is 28.0 Å². The lowest BCUT2D eigenvalue weighted by molar-refractivity contribution is 0.475. The van der Waals surface area contributed by atoms with Crippen LogP contribution < -0.4 is 5.32 Å². The Morgan fingerprint density at radius 2 is 1.84 bits per heavy atom. The molecule has 0 atom stereocenters. The maximum absolute atomic E-state index is 9.50. The Morgan fingerprint density at radius 3 is 2.68 bits per heavy atom. The number of aromatic nitrogens is 1. The van der Waals surface area contributed by atoms with Crippen LogP contribution in [0.15, 0.2) is 54.6 Å². The van der Waals surface area contributed by atoms with Gasteiger partial charge >= 0.3 is 0 Å². The van der Waals surface area contributed by atoms with Crippen molar-refractivity contribution in [3.8, 4) is 5.75 Å². The Kier molecular flexibility index (Phi) is 2.80. The van der Waals surface area contributed by atoms with Crippen molar-refractivity contribution in [1.82, 2.24) is 4.98 Å². The molecule has 94 valence electrons. The van der Waals surface area contributed by atoms with Crippen LogP contribution in [0.4, 0.5) is 11.5 Å². The summed E-state index contributed by atoms with van der Waals surface area (Å²) in [5.41, 5.74) is 1.78. The van der Waals surface area contributed by atoms with Crippen molar-refractivity contribution in [2.45, 2.75) is 6.92 Å². The van der Waals surface area contributed by atoms with Gasteiger partial charge in [-0.3, -0.25) is 0 Å². The first-order chi connectivity index (χ1) is 9.22. The summed E-state index contributed by atoms with van der Waals surface area (Å²) >= 11 is 0. The summed E-state index contributed by atoms with van der Waals surface area (Å²) < 4.78 is 0. The second kappa shape index (κ2) is 4.61. The molecule has 3 aromatic rings. The molecule has 2 aromatic carbocycles. The van der Waals surface area contributed by atoms with Gasteiger partial charge in [-0.25, -0.2) is 4.98 Å². The molecule has 0 radical (unpaired) electrons. The Balaban J connectivity index is 2.09. The number of pyridine rings is 1. The minimum atomic E-state index is 0.238. The highest BCUT2D eigenvalue weighted by Crippen LogP contribution is 2.26. The number of hydrogen-bond acceptors (Lipinski definition) is 3. The fraction of sp³-hybridized carbons (Fsp3) is 0.0625. The molecule has 0 aliphatic rings. The van der Waals surface area contributed by atoms with E-state index in [-0.39, 0.29) is 5.75 Å². The largest absolute Gasteiger partial charge is 0.508 e. The van der Waals surface area contributed by atoms with Gasteiger partial charge < -0.3 is 10.4 Å². The van der Waals surface area contributed by atoms with Gasteiger partial charge in [0.25, 0.3) is 0 Å². The molecule has 3 heteroatoms. The van der Waals surface area contributed by atoms with Crippen LogP contribution in [0, 0.1) is 6.92 Å². The summed E-state index contributed by atoms with van der Waals surface area (Å²) in [6.45, 7) is 1.97. The van der Waals surface area contributed by atoms with Gasteiger partial charge in [-0.2, -0.15) is 0 Å². The highest BCUT2D eigenvalue weighted by atomic mass is 16.3. The molecular weight excluding hydrogens is 236 g/mol. The first-order valence-corrected chi connectivity index (χ1v) is 6.15. The fourth-order valence-electron chi connectivity index (χ4n) is 2.15. The molecule has 0 saturated carbocycles. The molecule has 0 saturated heterocycles. The van der Waals surface area contributed by atoms with Crippen LogP contribution in [0.1, 0.15) is 5.69 Å². The zero-order chi connectivity index (χ0) is 13.2. The van der Waals surface area contributed by atoms with E-state index in [9.17, 15) is 5.11 Å². The predicted octanol–water partition coefficient (Wildman–Crippen LogP) is 3.99. The van der Waals surface area contributed by atoms with Crippen LogP contribution in [0.25, 0.3) is 10.8 Å². The Hall–Kier alpha value is -2.55. The third-order valence-corrected chi connectivity index (χ3v) is 2.98. The van der Waals surface area contributed by atoms with Gasteiger partial charge in [0.2, 0.25) is 0 Å². The number of rotatable bonds is 2. The van der Waals surface area contributed by atoms with Gasteiger partial charge in [0, 0.05) is 22.8 Å². The molecule has 0 unspecified atom stereocenters. The van der Waals surface area contributed by atoms with Crippen molar-refractivity contribution in [2.24, 2.45) is 0 Å². The first kappa shape index (κ1) is 11.5. The third kappa shape index (κ3) is 2.36. The van der Waals surface area contributed by atoms with Gasteiger partial charge in [-0.05, 0) is 30.5 Å². The zero-order valence-corrected chi connectivity index (χ0v) is 10.6. The number of aromatic hydroxyl groups is 1. The topological polar surface area (TPSA) is 45.1 Å². The van der Waals surface area contributed by atoms with Gasteiger partial charge in [0.15, 0.2) is 0 Å². The van der Waals surface area contributed by atoms with Crippen LogP contribution in [0.3, 0.4) is 0 Å². The maximum Gasteiger partial charge on any atom is 0.138 e. The number of benzene rings is 2. The molecule has 19 heavy (non-hydrogen) atoms. The lowest BCUT2D eigenvalue weighted by Gasteiger charge is -2.10. The SMILES string of the molecule is Cc1cc2ccccc2c(Nc2cccc(O)c2)n1. The van der Waals surface area contributed by atoms with Gasteiger partial charge in [0.1, 0.15) is 11.6 Å². The lowest BCUT2D eigenvalue weighted by Crippen LogP contribution is -1.96. The van der Waals surface area contributed by atoms with Gasteiger partial charge in [-0.15, -0.1) is 0 Å². The summed E-state index contributed by atoms with van der Waals surface area (Å²) in [7, 11) is 0. The van der Waals surface area contributed by atoms with Crippen molar-refractivity contribution >= 4 is 22.3 Å². The number of hydrogen-bond donors (Lipinski definition) is 2. The quantitative estimate of drug-likeness (QED) is 0.722. The average molecular weight is 250 g/mol. The number of phenols is 1. The summed E-state index contributed by atoms with van der Waals surface area (Å²) in [6.07, 6.45) is 0. The van der Waals surface area contributed by atoms with E-state index in [1.165, 1.54) is 0 Å². The van der Waals surface area contributed by atoms with Crippen LogP contribution in [0.5, 0.6) is 5.75 Å². The maximum atomic E-state index is 9.50. The second-order valence-electron chi connectivity index (χ2n) is 4.51. The van der Waals surface area contributed by atoms with Crippen LogP contribution in [-0.2, 0) is 0 Å². The van der Waals surface area contributed by atoms with E-state index in [1.54, 1.807) is 18.2 Å². The first-order valence-electron chi connectivity index (χ1n) is 6.15. The number of nitrogens with zero attached hydrogens (tertiary/aromatic N) is 1. The monoisotopic (exact) mass is 250 g/mol. The van der Waals surface area contributed by atoms with E-state index in [4.69, 9.17) is 0 Å². The lowest BCUT2D eigenvalue weighted by atomic mass is 10.1. The minimum Gasteiger partial charge on any atom is -0.508 e. The van der Waals surface area contributed by atoms with E-state index in [0.29, 0.717) is 0 Å². The van der Waals surface area contributed by atoms with Crippen LogP contribution >= 0.6 is 0 Å². The number of anilines is 2. The Morgan fingerprint density at radius 1 is 1.00 bits per heavy atom. The molecule has 3 nitrogen and oxygen atoms in total. The van der Waals surface area contributed by atoms with E-state index < -0.39 is 0 Å². The number of nitrogens with one attached hydrogen (secondary N) is 1. The number of aryl methyl sites for hydroxylation is 1. The van der Waals surface area contributed by atoms with E-state index in [2.05, 4.69) is 22.4 Å². The molecular formula is C16H14N2O. The molecule has 0 spiro atoms. The molecule has 2 N–H and O–H groups in total. The zero-order valence-electron chi connectivity index (χ0n) is 10.6. The normalized spacial score (nSPS) is 10.6. The van der Waals surface area contributed by atoms with Gasteiger partial charge in [0.05, 0.1) is 0 Å². The van der Waals surface area contributed by atoms with Crippen molar-refractivity contribution in [2.75, 3.05) is 5.32 Å². The molecule has 3 rings (SSSR count). The minimum absolute atomic E-state index is 0.238. The van der Waals surface area contributed by atoms with E-state index in [1.807, 2.05) is 31.2 Å². The standard InChI is InChI=1S/C16H14N2O/c1-11-9-12-5-2-3-8-15(12)16(17-11)18-13-6-4-7-14(19)10-13/h2-10,19H,1H3,(H,17,18). The molecule has 0 bridgehead atoms. The molecule has 0 aliphatic carbocycles. The average Bonchev–Trinajstić information content (AvgIpc) is 2.38. The molecule has 1 heterocycles. The Labute approximate surface area is 111 Å². The Bertz CT molecular complexity index is 738. The summed E-state index contributed by atoms with van der Waals surface area (Å²) in [4.78, 5) is 4.53. The van der Waals surface area contributed by atoms with E-state index >= 15 is 0 Å². The van der Waals surface area contributed by atoms with Crippen molar-refractivity contribution in [1.29, 1.82) is 0 Å². The fourth-order valence-corrected chi connectivity index (χ4v) is 2.15. The molecule has 1 aromatic heterocycles. The predicted molar refractivity (Wildman–Crippen MR) is 77.9 cm³/mol. The number of fused-ring (bicyclic) bond motifs is 1. The molecule has 0 fully saturated rings. The summed E-state index contributed by atoms with van der Waals surface area (Å²) in [5, 5.41) is 15.0. The van der Waals surface area contributed by atoms with Crippen LogP contribution in [0.2, 0.25) is 0 Å². The number of phenolic OH excluding ortho intramolecular Hbond substituents is 1. The second-order valence-corrected chi connectivity index (χ2v) is 4.51. The molecule has 0 amide bonds. The van der Waals surface area contributed by atoms with Crippen molar-refractivity contribution in [3.05, 3.63) is 60.3 Å². The summed E-state index contributed by atoms with van der Waals surface area (Å²) in [5.74, 6) is 1.04. The third-order valence-electron chi connectivity index (χ3n) is 2.98. The molecule has 0 aliphatic heterocycles. The van der Waals surface area contributed by atoms with Crippen LogP contribution in [-0.4, -0.2) is 10.1 Å². The highest BCUT2D eigenvalue weighted by molar-refractivity contribution is 5.93. The highest BCUT2D eigenvalue weighted by Gasteiger charge is 2.04. The van der Waals surface area contributed by atoms with Crippen molar-refractivity contribution in [3.63, 3.8) is 0 Å². The van der Waals surface area contributed by atoms with Crippen molar-refractivity contribution < 1.29 is 5.11 Å².